The average Bonchev–Trinajstić information content (AvgIpc) is 3.34. The molecule has 4 aromatic rings. The SMILES string of the molecule is COC(=O)c1cc(C#N)ccc1C.O=C(O)c1cc(-c2noc(-c3ccccc3F)n2)ccc1O. The molecule has 0 atom stereocenters. The molecule has 176 valence electrons. The molecule has 0 bridgehead atoms. The molecule has 35 heavy (non-hydrogen) atoms. The van der Waals surface area contributed by atoms with Crippen LogP contribution >= 0.6 is 0 Å². The van der Waals surface area contributed by atoms with E-state index in [0.29, 0.717) is 16.7 Å². The van der Waals surface area contributed by atoms with Crippen molar-refractivity contribution < 1.29 is 33.5 Å². The molecule has 0 saturated heterocycles. The molecule has 0 aliphatic carbocycles. The van der Waals surface area contributed by atoms with Gasteiger partial charge in [0.05, 0.1) is 29.9 Å². The van der Waals surface area contributed by atoms with Gasteiger partial charge in [-0.05, 0) is 55.0 Å². The molecule has 0 aliphatic rings. The number of nitriles is 1. The van der Waals surface area contributed by atoms with Gasteiger partial charge in [-0.1, -0.05) is 23.4 Å². The van der Waals surface area contributed by atoms with Crippen molar-refractivity contribution in [3.05, 3.63) is 88.7 Å². The molecule has 0 radical (unpaired) electrons. The Hall–Kier alpha value is -5.04. The Morgan fingerprint density at radius 1 is 1.09 bits per heavy atom. The largest absolute Gasteiger partial charge is 0.507 e. The Balaban J connectivity index is 0.000000225. The number of hydrogen-bond acceptors (Lipinski definition) is 8. The lowest BCUT2D eigenvalue weighted by molar-refractivity contribution is 0.0599. The number of carbonyl (C=O) groups excluding carboxylic acids is 1. The van der Waals surface area contributed by atoms with Crippen molar-refractivity contribution in [3.63, 3.8) is 0 Å². The third-order valence-electron chi connectivity index (χ3n) is 4.79. The molecule has 0 spiro atoms. The summed E-state index contributed by atoms with van der Waals surface area (Å²) in [6, 6.07) is 16.7. The van der Waals surface area contributed by atoms with Gasteiger partial charge in [0.2, 0.25) is 5.82 Å². The summed E-state index contributed by atoms with van der Waals surface area (Å²) in [6.45, 7) is 1.80. The first-order chi connectivity index (χ1) is 16.7. The van der Waals surface area contributed by atoms with Crippen LogP contribution in [0.4, 0.5) is 4.39 Å². The molecule has 0 unspecified atom stereocenters. The molecule has 9 nitrogen and oxygen atoms in total. The molecule has 2 N–H and O–H groups in total. The van der Waals surface area contributed by atoms with E-state index < -0.39 is 17.8 Å². The van der Waals surface area contributed by atoms with Crippen molar-refractivity contribution in [2.75, 3.05) is 7.11 Å². The van der Waals surface area contributed by atoms with E-state index >= 15 is 0 Å². The molecular weight excluding hydrogens is 457 g/mol. The summed E-state index contributed by atoms with van der Waals surface area (Å²) in [5, 5.41) is 30.8. The van der Waals surface area contributed by atoms with Gasteiger partial charge in [-0.3, -0.25) is 0 Å². The fraction of sp³-hybridized carbons (Fsp3) is 0.0800. The number of aromatic carboxylic acids is 1. The minimum absolute atomic E-state index is 0.0157. The molecule has 1 heterocycles. The maximum Gasteiger partial charge on any atom is 0.339 e. The Labute approximate surface area is 198 Å². The smallest absolute Gasteiger partial charge is 0.339 e. The van der Waals surface area contributed by atoms with Crippen molar-refractivity contribution in [1.29, 1.82) is 5.26 Å². The summed E-state index contributed by atoms with van der Waals surface area (Å²) in [5.74, 6) is -2.48. The van der Waals surface area contributed by atoms with E-state index in [9.17, 15) is 19.1 Å². The predicted molar refractivity (Wildman–Crippen MR) is 121 cm³/mol. The summed E-state index contributed by atoms with van der Waals surface area (Å²) < 4.78 is 23.2. The number of halogens is 1. The van der Waals surface area contributed by atoms with Crippen LogP contribution in [-0.2, 0) is 4.74 Å². The van der Waals surface area contributed by atoms with Crippen molar-refractivity contribution in [1.82, 2.24) is 10.1 Å². The number of ether oxygens (including phenoxy) is 1. The number of aromatic hydroxyl groups is 1. The van der Waals surface area contributed by atoms with Crippen LogP contribution in [0.2, 0.25) is 0 Å². The second-order valence-corrected chi connectivity index (χ2v) is 7.07. The van der Waals surface area contributed by atoms with Crippen LogP contribution in [0.3, 0.4) is 0 Å². The fourth-order valence-corrected chi connectivity index (χ4v) is 2.95. The number of carboxylic acid groups (broad SMARTS) is 1. The first-order valence-electron chi connectivity index (χ1n) is 9.99. The van der Waals surface area contributed by atoms with E-state index in [1.165, 1.54) is 49.6 Å². The van der Waals surface area contributed by atoms with Crippen molar-refractivity contribution in [2.24, 2.45) is 0 Å². The number of carboxylic acids is 1. The molecule has 0 saturated carbocycles. The minimum atomic E-state index is -1.28. The molecular formula is C25H18FN3O6. The van der Waals surface area contributed by atoms with E-state index in [1.807, 2.05) is 6.07 Å². The number of esters is 1. The monoisotopic (exact) mass is 475 g/mol. The highest BCUT2D eigenvalue weighted by Crippen LogP contribution is 2.27. The Morgan fingerprint density at radius 2 is 1.83 bits per heavy atom. The van der Waals surface area contributed by atoms with Crippen molar-refractivity contribution in [2.45, 2.75) is 6.92 Å². The summed E-state index contributed by atoms with van der Waals surface area (Å²) >= 11 is 0. The molecule has 4 rings (SSSR count). The van der Waals surface area contributed by atoms with Gasteiger partial charge >= 0.3 is 11.9 Å². The highest BCUT2D eigenvalue weighted by Gasteiger charge is 2.17. The predicted octanol–water partition coefficient (Wildman–Crippen LogP) is 4.60. The van der Waals surface area contributed by atoms with E-state index in [2.05, 4.69) is 14.9 Å². The highest BCUT2D eigenvalue weighted by atomic mass is 19.1. The van der Waals surface area contributed by atoms with E-state index in [0.717, 1.165) is 5.56 Å². The molecule has 0 aliphatic heterocycles. The average molecular weight is 475 g/mol. The quantitative estimate of drug-likeness (QED) is 0.404. The Morgan fingerprint density at radius 3 is 2.49 bits per heavy atom. The molecule has 10 heteroatoms. The number of aryl methyl sites for hydroxylation is 1. The lowest BCUT2D eigenvalue weighted by atomic mass is 10.1. The third kappa shape index (κ3) is 5.66. The van der Waals surface area contributed by atoms with Crippen LogP contribution in [0.5, 0.6) is 5.75 Å². The van der Waals surface area contributed by atoms with Gasteiger partial charge in [0.1, 0.15) is 17.1 Å². The second kappa shape index (κ2) is 10.7. The van der Waals surface area contributed by atoms with Crippen LogP contribution in [-0.4, -0.2) is 39.4 Å². The Kier molecular flexibility index (Phi) is 7.53. The van der Waals surface area contributed by atoms with Crippen LogP contribution in [0.15, 0.2) is 65.2 Å². The maximum absolute atomic E-state index is 13.7. The topological polar surface area (TPSA) is 147 Å². The van der Waals surface area contributed by atoms with Gasteiger partial charge in [0, 0.05) is 5.56 Å². The van der Waals surface area contributed by atoms with Gasteiger partial charge < -0.3 is 19.5 Å². The van der Waals surface area contributed by atoms with Gasteiger partial charge in [-0.15, -0.1) is 0 Å². The van der Waals surface area contributed by atoms with Gasteiger partial charge in [0.25, 0.3) is 5.89 Å². The Bertz CT molecular complexity index is 1440. The number of methoxy groups -OCH3 is 1. The first kappa shape index (κ1) is 24.6. The lowest BCUT2D eigenvalue weighted by Crippen LogP contribution is -2.03. The van der Waals surface area contributed by atoms with Crippen molar-refractivity contribution in [3.8, 4) is 34.7 Å². The lowest BCUT2D eigenvalue weighted by Gasteiger charge is -2.02. The number of phenols is 1. The summed E-state index contributed by atoms with van der Waals surface area (Å²) in [6.07, 6.45) is 0. The highest BCUT2D eigenvalue weighted by molar-refractivity contribution is 5.92. The zero-order valence-corrected chi connectivity index (χ0v) is 18.5. The molecule has 3 aromatic carbocycles. The third-order valence-corrected chi connectivity index (χ3v) is 4.79. The number of hydrogen-bond donors (Lipinski definition) is 2. The number of nitrogens with zero attached hydrogens (tertiary/aromatic N) is 3. The van der Waals surface area contributed by atoms with Crippen LogP contribution < -0.4 is 0 Å². The molecule has 0 amide bonds. The van der Waals surface area contributed by atoms with E-state index in [-0.39, 0.29) is 28.6 Å². The minimum Gasteiger partial charge on any atom is -0.507 e. The van der Waals surface area contributed by atoms with E-state index in [1.54, 1.807) is 25.1 Å². The summed E-state index contributed by atoms with van der Waals surface area (Å²) in [5.41, 5.74) is 1.92. The fourth-order valence-electron chi connectivity index (χ4n) is 2.95. The molecule has 0 fully saturated rings. The van der Waals surface area contributed by atoms with Gasteiger partial charge in [-0.25, -0.2) is 14.0 Å². The molecule has 1 aromatic heterocycles. The van der Waals surface area contributed by atoms with Crippen LogP contribution in [0.25, 0.3) is 22.8 Å². The van der Waals surface area contributed by atoms with Crippen LogP contribution in [0.1, 0.15) is 31.8 Å². The normalized spacial score (nSPS) is 10.0. The van der Waals surface area contributed by atoms with Gasteiger partial charge in [0.15, 0.2) is 0 Å². The standard InChI is InChI=1S/C15H9FN2O4.C10H9NO2/c16-11-4-2-1-3-9(11)14-17-13(18-22-14)8-5-6-12(19)10(7-8)15(20)21;1-7-3-4-8(6-11)5-9(7)10(12)13-2/h1-7,19H,(H,20,21);3-5H,1-2H3. The number of rotatable bonds is 4. The summed E-state index contributed by atoms with van der Waals surface area (Å²) in [4.78, 5) is 26.2. The summed E-state index contributed by atoms with van der Waals surface area (Å²) in [7, 11) is 1.32. The zero-order chi connectivity index (χ0) is 25.5. The van der Waals surface area contributed by atoms with Crippen molar-refractivity contribution >= 4 is 11.9 Å². The maximum atomic E-state index is 13.7. The number of benzene rings is 3. The first-order valence-corrected chi connectivity index (χ1v) is 9.99. The van der Waals surface area contributed by atoms with Gasteiger partial charge in [-0.2, -0.15) is 10.2 Å². The number of carbonyl (C=O) groups is 2. The van der Waals surface area contributed by atoms with E-state index in [4.69, 9.17) is 14.9 Å². The zero-order valence-electron chi connectivity index (χ0n) is 18.5. The number of aromatic nitrogens is 2. The van der Waals surface area contributed by atoms with Crippen LogP contribution in [0, 0.1) is 24.1 Å². The second-order valence-electron chi connectivity index (χ2n) is 7.07.